The monoisotopic (exact) mass is 491 g/mol. The predicted molar refractivity (Wildman–Crippen MR) is 131 cm³/mol. The molecule has 1 aliphatic heterocycles. The van der Waals surface area contributed by atoms with Gasteiger partial charge in [-0.3, -0.25) is 0 Å². The summed E-state index contributed by atoms with van der Waals surface area (Å²) in [4.78, 5) is 0. The van der Waals surface area contributed by atoms with E-state index in [-0.39, 0.29) is 24.6 Å². The highest BCUT2D eigenvalue weighted by Crippen LogP contribution is 2.39. The van der Waals surface area contributed by atoms with Gasteiger partial charge in [-0.15, -0.1) is 5.10 Å². The molecule has 4 aromatic rings. The summed E-state index contributed by atoms with van der Waals surface area (Å²) in [5, 5.41) is 31.6. The number of nitrogens with zero attached hydrogens (tertiary/aromatic N) is 4. The van der Waals surface area contributed by atoms with Crippen molar-refractivity contribution in [2.24, 2.45) is 0 Å². The lowest BCUT2D eigenvalue weighted by Gasteiger charge is -2.36. The first-order chi connectivity index (χ1) is 17.1. The normalized spacial score (nSPS) is 20.1. The minimum Gasteiger partial charge on any atom is -0.508 e. The summed E-state index contributed by atoms with van der Waals surface area (Å²) in [5.41, 5.74) is 10.1. The minimum absolute atomic E-state index is 0.00412. The van der Waals surface area contributed by atoms with Crippen LogP contribution in [-0.4, -0.2) is 42.3 Å². The zero-order chi connectivity index (χ0) is 24.2. The van der Waals surface area contributed by atoms with E-state index in [1.165, 1.54) is 11.8 Å². The van der Waals surface area contributed by atoms with E-state index in [1.54, 1.807) is 28.9 Å². The summed E-state index contributed by atoms with van der Waals surface area (Å²) >= 11 is 1.49. The fourth-order valence-corrected chi connectivity index (χ4v) is 4.83. The third-order valence-corrected chi connectivity index (χ3v) is 6.78. The summed E-state index contributed by atoms with van der Waals surface area (Å²) in [6.45, 7) is -0.00412. The van der Waals surface area contributed by atoms with Crippen LogP contribution in [0, 0.1) is 0 Å². The number of phenolic OH excluding ortho intramolecular Hbond substituents is 1. The smallest absolute Gasteiger partial charge is 0.214 e. The first kappa shape index (κ1) is 23.3. The van der Waals surface area contributed by atoms with Crippen molar-refractivity contribution in [2.45, 2.75) is 36.7 Å². The molecule has 4 N–H and O–H groups in total. The van der Waals surface area contributed by atoms with Gasteiger partial charge in [0.15, 0.2) is 6.29 Å². The number of tetrazole rings is 1. The summed E-state index contributed by atoms with van der Waals surface area (Å²) in [6, 6.07) is 22.0. The van der Waals surface area contributed by atoms with E-state index in [4.69, 9.17) is 15.2 Å². The second kappa shape index (κ2) is 10.4. The number of hydrogen-bond acceptors (Lipinski definition) is 9. The summed E-state index contributed by atoms with van der Waals surface area (Å²) in [5.74, 6) is 0.781. The van der Waals surface area contributed by atoms with E-state index in [0.717, 1.165) is 22.4 Å². The van der Waals surface area contributed by atoms with Crippen molar-refractivity contribution in [3.8, 4) is 11.4 Å². The molecule has 3 aromatic carbocycles. The van der Waals surface area contributed by atoms with Gasteiger partial charge < -0.3 is 25.4 Å². The van der Waals surface area contributed by atoms with E-state index in [2.05, 4.69) is 15.5 Å². The lowest BCUT2D eigenvalue weighted by atomic mass is 10.0. The molecule has 0 spiro atoms. The van der Waals surface area contributed by atoms with Gasteiger partial charge in [0, 0.05) is 23.4 Å². The van der Waals surface area contributed by atoms with Gasteiger partial charge in [-0.25, -0.2) is 0 Å². The number of anilines is 1. The number of aliphatic hydroxyl groups excluding tert-OH is 1. The van der Waals surface area contributed by atoms with Crippen molar-refractivity contribution in [1.29, 1.82) is 0 Å². The van der Waals surface area contributed by atoms with Crippen molar-refractivity contribution in [3.05, 3.63) is 89.5 Å². The highest BCUT2D eigenvalue weighted by atomic mass is 32.2. The van der Waals surface area contributed by atoms with Crippen LogP contribution in [0.1, 0.15) is 35.5 Å². The molecule has 0 radical (unpaired) electrons. The fraction of sp³-hybridized carbons (Fsp3) is 0.240. The Hall–Kier alpha value is -3.44. The Balaban J connectivity index is 1.35. The van der Waals surface area contributed by atoms with Crippen LogP contribution in [0.5, 0.6) is 5.75 Å². The molecule has 9 nitrogen and oxygen atoms in total. The van der Waals surface area contributed by atoms with Crippen molar-refractivity contribution in [3.63, 3.8) is 0 Å². The van der Waals surface area contributed by atoms with Crippen molar-refractivity contribution in [2.75, 3.05) is 11.5 Å². The Morgan fingerprint density at radius 1 is 1.00 bits per heavy atom. The molecule has 2 heterocycles. The molecule has 0 saturated carbocycles. The molecule has 0 amide bonds. The lowest BCUT2D eigenvalue weighted by molar-refractivity contribution is -0.245. The largest absolute Gasteiger partial charge is 0.508 e. The van der Waals surface area contributed by atoms with E-state index in [1.807, 2.05) is 48.5 Å². The number of thioether (sulfide) groups is 1. The molecule has 0 bridgehead atoms. The number of rotatable bonds is 7. The predicted octanol–water partition coefficient (Wildman–Crippen LogP) is 3.78. The molecular formula is C25H25N5O4S. The van der Waals surface area contributed by atoms with E-state index < -0.39 is 6.29 Å². The van der Waals surface area contributed by atoms with Crippen LogP contribution in [-0.2, 0) is 16.1 Å². The molecule has 10 heteroatoms. The van der Waals surface area contributed by atoms with Crippen molar-refractivity contribution in [1.82, 2.24) is 20.2 Å². The average molecular weight is 492 g/mol. The number of nitrogens with two attached hydrogens (primary N) is 1. The quantitative estimate of drug-likeness (QED) is 0.261. The van der Waals surface area contributed by atoms with Crippen molar-refractivity contribution >= 4 is 17.4 Å². The molecule has 35 heavy (non-hydrogen) atoms. The molecule has 1 saturated heterocycles. The number of aromatic nitrogens is 4. The second-order valence-electron chi connectivity index (χ2n) is 8.22. The number of aliphatic hydroxyl groups is 1. The van der Waals surface area contributed by atoms with Crippen molar-refractivity contribution < 1.29 is 19.7 Å². The highest BCUT2D eigenvalue weighted by molar-refractivity contribution is 7.99. The maximum absolute atomic E-state index is 9.57. The van der Waals surface area contributed by atoms with Crippen LogP contribution in [0.2, 0.25) is 0 Å². The van der Waals surface area contributed by atoms with Gasteiger partial charge in [-0.2, -0.15) is 4.68 Å². The Bertz CT molecular complexity index is 1270. The zero-order valence-electron chi connectivity index (χ0n) is 18.8. The summed E-state index contributed by atoms with van der Waals surface area (Å²) < 4.78 is 14.3. The van der Waals surface area contributed by atoms with Gasteiger partial charge in [0.2, 0.25) is 5.16 Å². The Labute approximate surface area is 206 Å². The van der Waals surface area contributed by atoms with Gasteiger partial charge in [-0.1, -0.05) is 48.2 Å². The molecule has 1 aromatic heterocycles. The van der Waals surface area contributed by atoms with Gasteiger partial charge in [0.25, 0.3) is 0 Å². The molecule has 0 aliphatic carbocycles. The molecule has 1 aliphatic rings. The third kappa shape index (κ3) is 5.46. The Kier molecular flexibility index (Phi) is 6.96. The van der Waals surface area contributed by atoms with Gasteiger partial charge in [-0.05, 0) is 58.0 Å². The minimum atomic E-state index is -0.575. The Morgan fingerprint density at radius 2 is 1.80 bits per heavy atom. The fourth-order valence-electron chi connectivity index (χ4n) is 3.92. The molecule has 5 rings (SSSR count). The van der Waals surface area contributed by atoms with Crippen LogP contribution >= 0.6 is 11.8 Å². The molecule has 1 fully saturated rings. The van der Waals surface area contributed by atoms with Crippen LogP contribution in [0.15, 0.2) is 78.0 Å². The topological polar surface area (TPSA) is 129 Å². The van der Waals surface area contributed by atoms with E-state index >= 15 is 0 Å². The molecule has 0 unspecified atom stereocenters. The number of hydrogen-bond donors (Lipinski definition) is 3. The maximum Gasteiger partial charge on any atom is 0.214 e. The number of benzene rings is 3. The number of ether oxygens (including phenoxy) is 2. The van der Waals surface area contributed by atoms with Crippen LogP contribution in [0.25, 0.3) is 5.69 Å². The van der Waals surface area contributed by atoms with Crippen LogP contribution in [0.3, 0.4) is 0 Å². The van der Waals surface area contributed by atoms with Crippen LogP contribution < -0.4 is 5.73 Å². The van der Waals surface area contributed by atoms with Gasteiger partial charge >= 0.3 is 0 Å². The second-order valence-corrected chi connectivity index (χ2v) is 9.21. The first-order valence-electron chi connectivity index (χ1n) is 11.2. The standard InChI is InChI=1S/C25H25N5O4S/c26-19-3-1-2-18(12-19)24-33-22(13-23(34-24)17-6-4-16(14-31)5-7-17)15-35-25-27-28-29-30(25)20-8-10-21(32)11-9-20/h1-12,22-24,31-32H,13-15,26H2/t22-,23+,24+/m0/s1. The number of phenols is 1. The Morgan fingerprint density at radius 3 is 2.54 bits per heavy atom. The van der Waals surface area contributed by atoms with E-state index in [9.17, 15) is 10.2 Å². The molecule has 3 atom stereocenters. The van der Waals surface area contributed by atoms with Crippen LogP contribution in [0.4, 0.5) is 5.69 Å². The summed E-state index contributed by atoms with van der Waals surface area (Å²) in [6.07, 6.45) is -0.270. The SMILES string of the molecule is Nc1cccc([C@@H]2O[C@H](CSc3nnnn3-c3ccc(O)cc3)C[C@H](c3ccc(CO)cc3)O2)c1. The highest BCUT2D eigenvalue weighted by Gasteiger charge is 2.32. The van der Waals surface area contributed by atoms with Gasteiger partial charge in [0.05, 0.1) is 24.5 Å². The molecular weight excluding hydrogens is 466 g/mol. The number of nitrogen functional groups attached to an aromatic ring is 1. The lowest BCUT2D eigenvalue weighted by Crippen LogP contribution is -2.31. The molecule has 180 valence electrons. The zero-order valence-corrected chi connectivity index (χ0v) is 19.6. The number of aromatic hydroxyl groups is 1. The van der Waals surface area contributed by atoms with Gasteiger partial charge in [0.1, 0.15) is 5.75 Å². The average Bonchev–Trinajstić information content (AvgIpc) is 3.36. The third-order valence-electron chi connectivity index (χ3n) is 5.73. The summed E-state index contributed by atoms with van der Waals surface area (Å²) in [7, 11) is 0. The first-order valence-corrected chi connectivity index (χ1v) is 12.1. The maximum atomic E-state index is 9.57. The van der Waals surface area contributed by atoms with E-state index in [0.29, 0.717) is 23.0 Å².